The van der Waals surface area contributed by atoms with Crippen LogP contribution in [0.25, 0.3) is 22.6 Å². The van der Waals surface area contributed by atoms with Gasteiger partial charge >= 0.3 is 5.97 Å². The van der Waals surface area contributed by atoms with Crippen molar-refractivity contribution in [1.29, 1.82) is 0 Å². The van der Waals surface area contributed by atoms with Crippen LogP contribution >= 0.6 is 0 Å². The number of anilines is 1. The molecule has 4 aromatic rings. The van der Waals surface area contributed by atoms with Gasteiger partial charge in [0, 0.05) is 17.2 Å². The predicted octanol–water partition coefficient (Wildman–Crippen LogP) is 5.25. The third-order valence-electron chi connectivity index (χ3n) is 6.79. The standard InChI is InChI=1S/C28H26FN5O3/c1-16(2)34-15-30-32-25(34)23-6-5-7-24(31-23)33-14-19-9-8-17(12-20(19)26(33)35)18-10-11-21(22(29)13-18)28(3,4)27(36)37/h5-13,15-16H,14H2,1-4H3,(H,36,37). The highest BCUT2D eigenvalue weighted by Crippen LogP contribution is 2.34. The van der Waals surface area contributed by atoms with E-state index in [0.717, 1.165) is 5.56 Å². The van der Waals surface area contributed by atoms with Crippen molar-refractivity contribution < 1.29 is 19.1 Å². The molecule has 1 amide bonds. The molecule has 37 heavy (non-hydrogen) atoms. The number of carbonyl (C=O) groups is 2. The van der Waals surface area contributed by atoms with Gasteiger partial charge in [0.25, 0.3) is 5.91 Å². The molecule has 2 aromatic heterocycles. The van der Waals surface area contributed by atoms with Crippen LogP contribution in [-0.4, -0.2) is 36.7 Å². The fourth-order valence-corrected chi connectivity index (χ4v) is 4.48. The van der Waals surface area contributed by atoms with Crippen molar-refractivity contribution in [2.75, 3.05) is 4.90 Å². The van der Waals surface area contributed by atoms with E-state index < -0.39 is 17.2 Å². The van der Waals surface area contributed by atoms with Crippen LogP contribution in [0.5, 0.6) is 0 Å². The van der Waals surface area contributed by atoms with E-state index in [4.69, 9.17) is 4.98 Å². The fraction of sp³-hybridized carbons (Fsp3) is 0.250. The third kappa shape index (κ3) is 4.16. The minimum Gasteiger partial charge on any atom is -0.481 e. The molecule has 0 radical (unpaired) electrons. The van der Waals surface area contributed by atoms with Gasteiger partial charge in [-0.3, -0.25) is 14.5 Å². The van der Waals surface area contributed by atoms with Crippen molar-refractivity contribution in [3.8, 4) is 22.6 Å². The van der Waals surface area contributed by atoms with Gasteiger partial charge in [-0.05, 0) is 68.7 Å². The van der Waals surface area contributed by atoms with E-state index in [0.29, 0.717) is 40.6 Å². The normalized spacial score (nSPS) is 13.4. The fourth-order valence-electron chi connectivity index (χ4n) is 4.48. The van der Waals surface area contributed by atoms with Crippen LogP contribution in [-0.2, 0) is 16.8 Å². The largest absolute Gasteiger partial charge is 0.481 e. The van der Waals surface area contributed by atoms with Gasteiger partial charge in [0.15, 0.2) is 5.82 Å². The summed E-state index contributed by atoms with van der Waals surface area (Å²) in [5, 5.41) is 17.6. The minimum absolute atomic E-state index is 0.103. The number of halogens is 1. The maximum absolute atomic E-state index is 14.9. The lowest BCUT2D eigenvalue weighted by Gasteiger charge is -2.20. The zero-order valence-electron chi connectivity index (χ0n) is 20.9. The molecule has 2 aromatic carbocycles. The second kappa shape index (κ2) is 8.92. The van der Waals surface area contributed by atoms with Gasteiger partial charge in [0.1, 0.15) is 23.7 Å². The summed E-state index contributed by atoms with van der Waals surface area (Å²) < 4.78 is 16.8. The van der Waals surface area contributed by atoms with Crippen molar-refractivity contribution in [2.45, 2.75) is 45.7 Å². The number of aromatic nitrogens is 4. The molecular weight excluding hydrogens is 473 g/mol. The molecule has 0 saturated heterocycles. The van der Waals surface area contributed by atoms with Crippen LogP contribution < -0.4 is 4.90 Å². The highest BCUT2D eigenvalue weighted by molar-refractivity contribution is 6.10. The number of aliphatic carboxylic acids is 1. The molecule has 1 aliphatic heterocycles. The summed E-state index contributed by atoms with van der Waals surface area (Å²) in [4.78, 5) is 31.2. The Hall–Kier alpha value is -4.40. The van der Waals surface area contributed by atoms with Gasteiger partial charge in [-0.15, -0.1) is 10.2 Å². The van der Waals surface area contributed by atoms with Crippen LogP contribution in [0.15, 0.2) is 60.9 Å². The summed E-state index contributed by atoms with van der Waals surface area (Å²) in [6, 6.07) is 15.5. The van der Waals surface area contributed by atoms with Crippen molar-refractivity contribution >= 4 is 17.7 Å². The van der Waals surface area contributed by atoms with Crippen LogP contribution in [0, 0.1) is 5.82 Å². The molecule has 1 N–H and O–H groups in total. The predicted molar refractivity (Wildman–Crippen MR) is 137 cm³/mol. The zero-order chi connectivity index (χ0) is 26.5. The Balaban J connectivity index is 1.45. The molecule has 9 heteroatoms. The first-order valence-corrected chi connectivity index (χ1v) is 11.9. The van der Waals surface area contributed by atoms with E-state index in [-0.39, 0.29) is 17.5 Å². The van der Waals surface area contributed by atoms with E-state index in [9.17, 15) is 19.1 Å². The number of carboxylic acids is 1. The van der Waals surface area contributed by atoms with Gasteiger partial charge in [-0.25, -0.2) is 9.37 Å². The summed E-state index contributed by atoms with van der Waals surface area (Å²) >= 11 is 0. The molecule has 0 bridgehead atoms. The van der Waals surface area contributed by atoms with Gasteiger partial charge in [0.05, 0.1) is 12.0 Å². The number of rotatable bonds is 6. The molecule has 0 saturated carbocycles. The SMILES string of the molecule is CC(C)n1cnnc1-c1cccc(N2Cc3ccc(-c4ccc(C(C)(C)C(=O)O)c(F)c4)cc3C2=O)n1. The average Bonchev–Trinajstić information content (AvgIpc) is 3.49. The monoisotopic (exact) mass is 499 g/mol. The molecular formula is C28H26FN5O3. The Morgan fingerprint density at radius 3 is 2.51 bits per heavy atom. The molecule has 0 unspecified atom stereocenters. The molecule has 0 fully saturated rings. The summed E-state index contributed by atoms with van der Waals surface area (Å²) in [6.07, 6.45) is 1.66. The summed E-state index contributed by atoms with van der Waals surface area (Å²) in [5.74, 6) is -0.779. The quantitative estimate of drug-likeness (QED) is 0.389. The highest BCUT2D eigenvalue weighted by Gasteiger charge is 2.33. The number of hydrogen-bond acceptors (Lipinski definition) is 5. The molecule has 0 spiro atoms. The van der Waals surface area contributed by atoms with Crippen molar-refractivity contribution in [2.24, 2.45) is 0 Å². The molecule has 8 nitrogen and oxygen atoms in total. The van der Waals surface area contributed by atoms with Gasteiger partial charge < -0.3 is 9.67 Å². The first-order valence-electron chi connectivity index (χ1n) is 11.9. The first kappa shape index (κ1) is 24.3. The number of amides is 1. The number of benzene rings is 2. The Bertz CT molecular complexity index is 1540. The van der Waals surface area contributed by atoms with E-state index in [1.165, 1.54) is 26.0 Å². The molecule has 0 atom stereocenters. The van der Waals surface area contributed by atoms with Crippen LogP contribution in [0.4, 0.5) is 10.2 Å². The summed E-state index contributed by atoms with van der Waals surface area (Å²) in [7, 11) is 0. The maximum Gasteiger partial charge on any atom is 0.313 e. The van der Waals surface area contributed by atoms with Crippen LogP contribution in [0.3, 0.4) is 0 Å². The lowest BCUT2D eigenvalue weighted by atomic mass is 9.83. The molecule has 188 valence electrons. The van der Waals surface area contributed by atoms with Gasteiger partial charge in [0.2, 0.25) is 0 Å². The topological polar surface area (TPSA) is 101 Å². The third-order valence-corrected chi connectivity index (χ3v) is 6.79. The molecule has 1 aliphatic rings. The summed E-state index contributed by atoms with van der Waals surface area (Å²) in [5.41, 5.74) is 1.95. The smallest absolute Gasteiger partial charge is 0.313 e. The lowest BCUT2D eigenvalue weighted by molar-refractivity contribution is -0.142. The Morgan fingerprint density at radius 2 is 1.81 bits per heavy atom. The first-order chi connectivity index (χ1) is 17.6. The number of carboxylic acid groups (broad SMARTS) is 1. The van der Waals surface area contributed by atoms with E-state index in [1.807, 2.05) is 42.7 Å². The highest BCUT2D eigenvalue weighted by atomic mass is 19.1. The average molecular weight is 500 g/mol. The Kier molecular flexibility index (Phi) is 5.86. The lowest BCUT2D eigenvalue weighted by Crippen LogP contribution is -2.29. The Morgan fingerprint density at radius 1 is 1.08 bits per heavy atom. The minimum atomic E-state index is -1.36. The Labute approximate surface area is 213 Å². The zero-order valence-corrected chi connectivity index (χ0v) is 20.9. The number of carbonyl (C=O) groups excluding carboxylic acids is 1. The maximum atomic E-state index is 14.9. The van der Waals surface area contributed by atoms with Gasteiger partial charge in [-0.1, -0.05) is 30.3 Å². The second-order valence-electron chi connectivity index (χ2n) is 9.92. The molecule has 5 rings (SSSR count). The van der Waals surface area contributed by atoms with Gasteiger partial charge in [-0.2, -0.15) is 0 Å². The second-order valence-corrected chi connectivity index (χ2v) is 9.92. The molecule has 0 aliphatic carbocycles. The van der Waals surface area contributed by atoms with Crippen molar-refractivity contribution in [3.63, 3.8) is 0 Å². The van der Waals surface area contributed by atoms with Crippen molar-refractivity contribution in [1.82, 2.24) is 19.7 Å². The van der Waals surface area contributed by atoms with Crippen LogP contribution in [0.2, 0.25) is 0 Å². The van der Waals surface area contributed by atoms with Crippen LogP contribution in [0.1, 0.15) is 55.2 Å². The van der Waals surface area contributed by atoms with E-state index in [1.54, 1.807) is 29.4 Å². The number of pyridine rings is 1. The summed E-state index contributed by atoms with van der Waals surface area (Å²) in [6.45, 7) is 7.35. The molecule has 3 heterocycles. The number of nitrogens with zero attached hydrogens (tertiary/aromatic N) is 5. The number of hydrogen-bond donors (Lipinski definition) is 1. The van der Waals surface area contributed by atoms with E-state index in [2.05, 4.69) is 10.2 Å². The number of fused-ring (bicyclic) bond motifs is 1. The van der Waals surface area contributed by atoms with E-state index >= 15 is 0 Å². The van der Waals surface area contributed by atoms with Crippen molar-refractivity contribution in [3.05, 3.63) is 83.4 Å².